The van der Waals surface area contributed by atoms with Gasteiger partial charge in [-0.1, -0.05) is 12.1 Å². The Hall–Kier alpha value is -4.55. The predicted molar refractivity (Wildman–Crippen MR) is 134 cm³/mol. The Balaban J connectivity index is 1.78. The molecule has 0 aliphatic heterocycles. The zero-order valence-corrected chi connectivity index (χ0v) is 20.8. The molecule has 2 aromatic rings. The van der Waals surface area contributed by atoms with E-state index in [0.717, 1.165) is 12.2 Å². The number of carbonyl (C=O) groups is 3. The summed E-state index contributed by atoms with van der Waals surface area (Å²) in [5, 5.41) is 59.5. The van der Waals surface area contributed by atoms with Crippen molar-refractivity contribution in [2.75, 3.05) is 6.61 Å². The summed E-state index contributed by atoms with van der Waals surface area (Å²) in [4.78, 5) is 37.4. The summed E-state index contributed by atoms with van der Waals surface area (Å²) in [7, 11) is 0. The average molecular weight is 545 g/mol. The molecule has 0 saturated heterocycles. The number of ether oxygens (including phenoxy) is 3. The summed E-state index contributed by atoms with van der Waals surface area (Å²) in [6.45, 7) is 1.47. The highest BCUT2D eigenvalue weighted by atomic mass is 16.6. The molecule has 12 nitrogen and oxygen atoms in total. The van der Waals surface area contributed by atoms with E-state index in [2.05, 4.69) is 0 Å². The van der Waals surface area contributed by atoms with Crippen LogP contribution in [0.25, 0.3) is 12.2 Å². The van der Waals surface area contributed by atoms with E-state index in [1.165, 1.54) is 55.5 Å². The first kappa shape index (κ1) is 29.0. The highest BCUT2D eigenvalue weighted by Gasteiger charge is 2.53. The maximum atomic E-state index is 12.6. The van der Waals surface area contributed by atoms with Crippen LogP contribution in [0.2, 0.25) is 0 Å². The Morgan fingerprint density at radius 3 is 1.85 bits per heavy atom. The molecule has 39 heavy (non-hydrogen) atoms. The van der Waals surface area contributed by atoms with Gasteiger partial charge in [0.2, 0.25) is 0 Å². The fraction of sp³-hybridized carbons (Fsp3) is 0.296. The number of rotatable bonds is 8. The largest absolute Gasteiger partial charge is 0.504 e. The Morgan fingerprint density at radius 1 is 0.846 bits per heavy atom. The Kier molecular flexibility index (Phi) is 9.17. The molecule has 1 fully saturated rings. The number of phenolic OH excluding ortho intramolecular Hbond substituents is 4. The van der Waals surface area contributed by atoms with Crippen LogP contribution in [-0.2, 0) is 28.6 Å². The molecule has 4 atom stereocenters. The van der Waals surface area contributed by atoms with Gasteiger partial charge in [-0.2, -0.15) is 0 Å². The van der Waals surface area contributed by atoms with Crippen molar-refractivity contribution in [3.05, 3.63) is 59.7 Å². The molecule has 1 aliphatic carbocycles. The van der Waals surface area contributed by atoms with Gasteiger partial charge in [-0.15, -0.1) is 0 Å². The van der Waals surface area contributed by atoms with Crippen molar-refractivity contribution >= 4 is 30.1 Å². The van der Waals surface area contributed by atoms with Crippen LogP contribution in [0.1, 0.15) is 30.9 Å². The summed E-state index contributed by atoms with van der Waals surface area (Å²) >= 11 is 0. The molecule has 1 saturated carbocycles. The highest BCUT2D eigenvalue weighted by molar-refractivity contribution is 5.88. The van der Waals surface area contributed by atoms with E-state index >= 15 is 0 Å². The Bertz CT molecular complexity index is 1280. The molecule has 0 amide bonds. The number of aliphatic hydroxyl groups excluding tert-OH is 1. The summed E-state index contributed by atoms with van der Waals surface area (Å²) in [5.41, 5.74) is -1.55. The van der Waals surface area contributed by atoms with Gasteiger partial charge in [0.05, 0.1) is 12.7 Å². The Labute approximate surface area is 222 Å². The van der Waals surface area contributed by atoms with E-state index in [9.17, 15) is 45.0 Å². The normalized spacial score (nSPS) is 23.0. The van der Waals surface area contributed by atoms with Crippen molar-refractivity contribution in [1.29, 1.82) is 0 Å². The van der Waals surface area contributed by atoms with Crippen LogP contribution in [0, 0.1) is 0 Å². The van der Waals surface area contributed by atoms with E-state index in [-0.39, 0.29) is 18.1 Å². The smallest absolute Gasteiger partial charge is 0.338 e. The molecule has 12 heteroatoms. The van der Waals surface area contributed by atoms with Crippen LogP contribution in [0.15, 0.2) is 48.6 Å². The van der Waals surface area contributed by atoms with Crippen LogP contribution in [0.5, 0.6) is 23.0 Å². The molecule has 0 spiro atoms. The van der Waals surface area contributed by atoms with Crippen molar-refractivity contribution < 1.29 is 59.2 Å². The maximum absolute atomic E-state index is 12.6. The van der Waals surface area contributed by atoms with Gasteiger partial charge in [0, 0.05) is 25.0 Å². The molecule has 4 unspecified atom stereocenters. The van der Waals surface area contributed by atoms with Crippen LogP contribution in [0.4, 0.5) is 0 Å². The van der Waals surface area contributed by atoms with Crippen molar-refractivity contribution in [1.82, 2.24) is 0 Å². The lowest BCUT2D eigenvalue weighted by Crippen LogP contribution is -2.58. The van der Waals surface area contributed by atoms with Crippen molar-refractivity contribution in [2.45, 2.75) is 43.7 Å². The van der Waals surface area contributed by atoms with Crippen LogP contribution >= 0.6 is 0 Å². The number of aliphatic hydroxyl groups is 2. The molecule has 0 heterocycles. The molecule has 0 bridgehead atoms. The summed E-state index contributed by atoms with van der Waals surface area (Å²) < 4.78 is 15.5. The number of hydrogen-bond acceptors (Lipinski definition) is 12. The van der Waals surface area contributed by atoms with Crippen molar-refractivity contribution in [3.63, 3.8) is 0 Å². The average Bonchev–Trinajstić information content (AvgIpc) is 2.87. The molecular formula is C27H28O12. The van der Waals surface area contributed by atoms with E-state index in [1.807, 2.05) is 0 Å². The summed E-state index contributed by atoms with van der Waals surface area (Å²) in [5.74, 6) is -4.53. The number of benzene rings is 2. The van der Waals surface area contributed by atoms with Crippen LogP contribution < -0.4 is 0 Å². The third kappa shape index (κ3) is 7.49. The van der Waals surface area contributed by atoms with Gasteiger partial charge in [0.25, 0.3) is 0 Å². The first-order valence-corrected chi connectivity index (χ1v) is 11.8. The van der Waals surface area contributed by atoms with Gasteiger partial charge in [-0.05, 0) is 54.5 Å². The second-order valence-corrected chi connectivity index (χ2v) is 8.77. The molecule has 6 N–H and O–H groups in total. The van der Waals surface area contributed by atoms with E-state index in [0.29, 0.717) is 11.1 Å². The molecule has 3 rings (SSSR count). The topological polar surface area (TPSA) is 200 Å². The lowest BCUT2D eigenvalue weighted by molar-refractivity contribution is -0.207. The van der Waals surface area contributed by atoms with Gasteiger partial charge < -0.3 is 44.8 Å². The lowest BCUT2D eigenvalue weighted by atomic mass is 9.79. The van der Waals surface area contributed by atoms with E-state index in [1.54, 1.807) is 0 Å². The van der Waals surface area contributed by atoms with E-state index in [4.69, 9.17) is 14.2 Å². The number of carbonyl (C=O) groups excluding carboxylic acids is 3. The summed E-state index contributed by atoms with van der Waals surface area (Å²) in [6.07, 6.45) is -1.21. The zero-order chi connectivity index (χ0) is 28.7. The van der Waals surface area contributed by atoms with Gasteiger partial charge in [0.1, 0.15) is 6.10 Å². The lowest BCUT2D eigenvalue weighted by Gasteiger charge is -2.41. The monoisotopic (exact) mass is 544 g/mol. The quantitative estimate of drug-likeness (QED) is 0.121. The van der Waals surface area contributed by atoms with Crippen molar-refractivity contribution in [2.24, 2.45) is 0 Å². The number of esters is 3. The standard InChI is InChI=1S/C27H28O12/c1-2-37-26(35)27(36)13-21(32)25(39-24(34)10-6-16-4-8-18(29)20(31)12-16)22(14-27)38-23(33)9-5-15-3-7-17(28)19(30)11-15/h3-12,21-22,25,28-32,36H,2,13-14H2,1H3/b9-5+,10-6+. The van der Waals surface area contributed by atoms with E-state index < -0.39 is 66.2 Å². The molecule has 1 aliphatic rings. The summed E-state index contributed by atoms with van der Waals surface area (Å²) in [6, 6.07) is 7.63. The molecule has 2 aromatic carbocycles. The number of hydrogen-bond donors (Lipinski definition) is 6. The second kappa shape index (κ2) is 12.3. The fourth-order valence-corrected chi connectivity index (χ4v) is 3.92. The Morgan fingerprint density at radius 2 is 1.36 bits per heavy atom. The number of aromatic hydroxyl groups is 4. The third-order valence-electron chi connectivity index (χ3n) is 5.83. The fourth-order valence-electron chi connectivity index (χ4n) is 3.92. The molecule has 208 valence electrons. The molecule has 0 radical (unpaired) electrons. The maximum Gasteiger partial charge on any atom is 0.338 e. The van der Waals surface area contributed by atoms with Gasteiger partial charge in [-0.3, -0.25) is 0 Å². The minimum absolute atomic E-state index is 0.0556. The zero-order valence-electron chi connectivity index (χ0n) is 20.8. The number of phenols is 4. The molecule has 0 aromatic heterocycles. The van der Waals surface area contributed by atoms with Crippen LogP contribution in [-0.4, -0.2) is 79.1 Å². The highest BCUT2D eigenvalue weighted by Crippen LogP contribution is 2.34. The predicted octanol–water partition coefficient (Wildman–Crippen LogP) is 1.51. The first-order valence-electron chi connectivity index (χ1n) is 11.8. The minimum atomic E-state index is -2.23. The van der Waals surface area contributed by atoms with Gasteiger partial charge >= 0.3 is 17.9 Å². The first-order chi connectivity index (χ1) is 18.4. The van der Waals surface area contributed by atoms with Gasteiger partial charge in [-0.25, -0.2) is 14.4 Å². The SMILES string of the molecule is CCOC(=O)C1(O)CC(O)C(OC(=O)/C=C/c2ccc(O)c(O)c2)C(OC(=O)/C=C/c2ccc(O)c(O)c2)C1. The second-order valence-electron chi connectivity index (χ2n) is 8.77. The minimum Gasteiger partial charge on any atom is -0.504 e. The molecular weight excluding hydrogens is 516 g/mol. The van der Waals surface area contributed by atoms with Gasteiger partial charge in [0.15, 0.2) is 34.7 Å². The third-order valence-corrected chi connectivity index (χ3v) is 5.83. The van der Waals surface area contributed by atoms with Crippen LogP contribution in [0.3, 0.4) is 0 Å². The van der Waals surface area contributed by atoms with Crippen molar-refractivity contribution in [3.8, 4) is 23.0 Å².